The summed E-state index contributed by atoms with van der Waals surface area (Å²) >= 11 is 1.98. The lowest BCUT2D eigenvalue weighted by Crippen LogP contribution is -2.32. The molecule has 0 amide bonds. The minimum Gasteiger partial charge on any atom is -0.507 e. The van der Waals surface area contributed by atoms with Crippen molar-refractivity contribution in [3.63, 3.8) is 0 Å². The zero-order valence-corrected chi connectivity index (χ0v) is 9.43. The maximum Gasteiger partial charge on any atom is 0.320 e. The Labute approximate surface area is 94.9 Å². The SMILES string of the molecule is NC(Cc1cccc(I)c1O)C(=O)O. The van der Waals surface area contributed by atoms with E-state index in [1.807, 2.05) is 22.6 Å². The van der Waals surface area contributed by atoms with Crippen molar-refractivity contribution in [3.05, 3.63) is 27.3 Å². The maximum absolute atomic E-state index is 10.5. The highest BCUT2D eigenvalue weighted by molar-refractivity contribution is 14.1. The van der Waals surface area contributed by atoms with Crippen LogP contribution in [0.15, 0.2) is 18.2 Å². The second-order valence-electron chi connectivity index (χ2n) is 2.90. The quantitative estimate of drug-likeness (QED) is 0.726. The molecular weight excluding hydrogens is 297 g/mol. The molecule has 1 unspecified atom stereocenters. The molecule has 0 aromatic heterocycles. The number of halogens is 1. The number of hydrogen-bond donors (Lipinski definition) is 3. The van der Waals surface area contributed by atoms with E-state index in [0.29, 0.717) is 9.13 Å². The van der Waals surface area contributed by atoms with E-state index in [-0.39, 0.29) is 12.2 Å². The first kappa shape index (κ1) is 11.3. The number of carbonyl (C=O) groups is 1. The van der Waals surface area contributed by atoms with Gasteiger partial charge >= 0.3 is 5.97 Å². The highest BCUT2D eigenvalue weighted by Gasteiger charge is 2.15. The smallest absolute Gasteiger partial charge is 0.320 e. The van der Waals surface area contributed by atoms with Crippen LogP contribution in [0.3, 0.4) is 0 Å². The molecule has 1 rings (SSSR count). The Balaban J connectivity index is 2.87. The summed E-state index contributed by atoms with van der Waals surface area (Å²) in [5.74, 6) is -0.951. The molecule has 0 bridgehead atoms. The zero-order valence-electron chi connectivity index (χ0n) is 7.27. The van der Waals surface area contributed by atoms with Crippen molar-refractivity contribution < 1.29 is 15.0 Å². The van der Waals surface area contributed by atoms with Crippen LogP contribution in [-0.4, -0.2) is 22.2 Å². The van der Waals surface area contributed by atoms with E-state index in [4.69, 9.17) is 10.8 Å². The van der Waals surface area contributed by atoms with Gasteiger partial charge in [-0.05, 0) is 34.2 Å². The number of aromatic hydroxyl groups is 1. The fourth-order valence-electron chi connectivity index (χ4n) is 1.05. The lowest BCUT2D eigenvalue weighted by atomic mass is 10.1. The highest BCUT2D eigenvalue weighted by Crippen LogP contribution is 2.24. The monoisotopic (exact) mass is 307 g/mol. The predicted octanol–water partition coefficient (Wildman–Crippen LogP) is 0.951. The summed E-state index contributed by atoms with van der Waals surface area (Å²) in [7, 11) is 0. The molecule has 0 radical (unpaired) electrons. The van der Waals surface area contributed by atoms with E-state index in [1.54, 1.807) is 18.2 Å². The topological polar surface area (TPSA) is 83.5 Å². The summed E-state index contributed by atoms with van der Waals surface area (Å²) < 4.78 is 0.692. The van der Waals surface area contributed by atoms with E-state index < -0.39 is 12.0 Å². The summed E-state index contributed by atoms with van der Waals surface area (Å²) in [5, 5.41) is 18.2. The average Bonchev–Trinajstić information content (AvgIpc) is 2.12. The number of hydrogen-bond acceptors (Lipinski definition) is 3. The van der Waals surface area contributed by atoms with Crippen LogP contribution >= 0.6 is 22.6 Å². The first-order valence-electron chi connectivity index (χ1n) is 3.97. The number of carboxylic acids is 1. The number of benzene rings is 1. The lowest BCUT2D eigenvalue weighted by Gasteiger charge is -2.08. The van der Waals surface area contributed by atoms with Crippen LogP contribution in [0.1, 0.15) is 5.56 Å². The fraction of sp³-hybridized carbons (Fsp3) is 0.222. The minimum absolute atomic E-state index is 0.116. The van der Waals surface area contributed by atoms with Gasteiger partial charge in [-0.1, -0.05) is 12.1 Å². The molecule has 0 spiro atoms. The number of nitrogens with two attached hydrogens (primary N) is 1. The van der Waals surface area contributed by atoms with Gasteiger partial charge in [-0.15, -0.1) is 0 Å². The van der Waals surface area contributed by atoms with Crippen molar-refractivity contribution in [2.24, 2.45) is 5.73 Å². The number of aliphatic carboxylic acids is 1. The standard InChI is InChI=1S/C9H10INO3/c10-6-3-1-2-5(8(6)12)4-7(11)9(13)14/h1-3,7,12H,4,11H2,(H,13,14). The van der Waals surface area contributed by atoms with Gasteiger partial charge in [-0.3, -0.25) is 4.79 Å². The normalized spacial score (nSPS) is 12.4. The van der Waals surface area contributed by atoms with Crippen LogP contribution in [0.5, 0.6) is 5.75 Å². The molecule has 0 saturated heterocycles. The molecule has 14 heavy (non-hydrogen) atoms. The van der Waals surface area contributed by atoms with Gasteiger partial charge in [0, 0.05) is 6.42 Å². The number of para-hydroxylation sites is 1. The lowest BCUT2D eigenvalue weighted by molar-refractivity contribution is -0.138. The van der Waals surface area contributed by atoms with E-state index in [0.717, 1.165) is 0 Å². The third kappa shape index (κ3) is 2.58. The van der Waals surface area contributed by atoms with Crippen molar-refractivity contribution in [2.75, 3.05) is 0 Å². The molecule has 0 saturated carbocycles. The molecule has 0 aliphatic carbocycles. The molecule has 0 aliphatic heterocycles. The van der Waals surface area contributed by atoms with Crippen LogP contribution in [0, 0.1) is 3.57 Å². The zero-order chi connectivity index (χ0) is 10.7. The third-order valence-electron chi connectivity index (χ3n) is 1.83. The molecule has 1 aromatic rings. The fourth-order valence-corrected chi connectivity index (χ4v) is 1.60. The Hall–Kier alpha value is -0.820. The molecule has 0 fully saturated rings. The molecule has 1 atom stereocenters. The van der Waals surface area contributed by atoms with Gasteiger partial charge in [0.25, 0.3) is 0 Å². The second kappa shape index (κ2) is 4.61. The van der Waals surface area contributed by atoms with Crippen LogP contribution in [-0.2, 0) is 11.2 Å². The summed E-state index contributed by atoms with van der Waals surface area (Å²) in [6, 6.07) is 4.19. The summed E-state index contributed by atoms with van der Waals surface area (Å²) in [6.45, 7) is 0. The van der Waals surface area contributed by atoms with Crippen LogP contribution in [0.2, 0.25) is 0 Å². The van der Waals surface area contributed by atoms with Gasteiger partial charge in [0.05, 0.1) is 3.57 Å². The molecule has 4 nitrogen and oxygen atoms in total. The highest BCUT2D eigenvalue weighted by atomic mass is 127. The molecular formula is C9H10INO3. The molecule has 1 aromatic carbocycles. The van der Waals surface area contributed by atoms with E-state index in [9.17, 15) is 9.90 Å². The van der Waals surface area contributed by atoms with Crippen LogP contribution < -0.4 is 5.73 Å². The number of phenols is 1. The van der Waals surface area contributed by atoms with Gasteiger partial charge in [-0.25, -0.2) is 0 Å². The predicted molar refractivity (Wildman–Crippen MR) is 60.1 cm³/mol. The molecule has 5 heteroatoms. The van der Waals surface area contributed by atoms with Crippen molar-refractivity contribution in [2.45, 2.75) is 12.5 Å². The van der Waals surface area contributed by atoms with E-state index in [2.05, 4.69) is 0 Å². The Bertz CT molecular complexity index is 354. The molecule has 0 aliphatic rings. The molecule has 0 heterocycles. The van der Waals surface area contributed by atoms with Gasteiger partial charge in [0.1, 0.15) is 11.8 Å². The van der Waals surface area contributed by atoms with Crippen LogP contribution in [0.25, 0.3) is 0 Å². The van der Waals surface area contributed by atoms with Gasteiger partial charge < -0.3 is 15.9 Å². The number of phenolic OH excluding ortho intramolecular Hbond substituents is 1. The largest absolute Gasteiger partial charge is 0.507 e. The Kier molecular flexibility index (Phi) is 3.70. The summed E-state index contributed by atoms with van der Waals surface area (Å²) in [4.78, 5) is 10.5. The Morgan fingerprint density at radius 1 is 1.57 bits per heavy atom. The van der Waals surface area contributed by atoms with Crippen molar-refractivity contribution in [1.82, 2.24) is 0 Å². The van der Waals surface area contributed by atoms with Gasteiger partial charge in [-0.2, -0.15) is 0 Å². The third-order valence-corrected chi connectivity index (χ3v) is 2.70. The van der Waals surface area contributed by atoms with E-state index >= 15 is 0 Å². The van der Waals surface area contributed by atoms with Crippen LogP contribution in [0.4, 0.5) is 0 Å². The number of carboxylic acid groups (broad SMARTS) is 1. The van der Waals surface area contributed by atoms with Crippen molar-refractivity contribution in [3.8, 4) is 5.75 Å². The molecule has 76 valence electrons. The Morgan fingerprint density at radius 2 is 2.21 bits per heavy atom. The maximum atomic E-state index is 10.5. The Morgan fingerprint density at radius 3 is 2.79 bits per heavy atom. The van der Waals surface area contributed by atoms with E-state index in [1.165, 1.54) is 0 Å². The minimum atomic E-state index is -1.07. The molecule has 4 N–H and O–H groups in total. The first-order valence-corrected chi connectivity index (χ1v) is 5.05. The van der Waals surface area contributed by atoms with Gasteiger partial charge in [0.2, 0.25) is 0 Å². The van der Waals surface area contributed by atoms with Gasteiger partial charge in [0.15, 0.2) is 0 Å². The number of rotatable bonds is 3. The second-order valence-corrected chi connectivity index (χ2v) is 4.06. The average molecular weight is 307 g/mol. The van der Waals surface area contributed by atoms with Crippen molar-refractivity contribution >= 4 is 28.6 Å². The summed E-state index contributed by atoms with van der Waals surface area (Å²) in [6.07, 6.45) is 0.137. The van der Waals surface area contributed by atoms with Crippen molar-refractivity contribution in [1.29, 1.82) is 0 Å². The summed E-state index contributed by atoms with van der Waals surface area (Å²) in [5.41, 5.74) is 5.92. The first-order chi connectivity index (χ1) is 6.52.